The van der Waals surface area contributed by atoms with Gasteiger partial charge in [0.05, 0.1) is 5.56 Å². The number of ether oxygens (including phenoxy) is 2. The van der Waals surface area contributed by atoms with Crippen LogP contribution < -0.4 is 14.8 Å². The van der Waals surface area contributed by atoms with Crippen LogP contribution in [0, 0.1) is 6.92 Å². The maximum atomic E-state index is 13.1. The lowest BCUT2D eigenvalue weighted by Crippen LogP contribution is -2.38. The second-order valence-electron chi connectivity index (χ2n) is 6.90. The van der Waals surface area contributed by atoms with Gasteiger partial charge in [-0.05, 0) is 32.0 Å². The largest absolute Gasteiger partial charge is 0.486 e. The lowest BCUT2D eigenvalue weighted by Gasteiger charge is -2.21. The van der Waals surface area contributed by atoms with E-state index in [4.69, 9.17) is 9.47 Å². The van der Waals surface area contributed by atoms with Gasteiger partial charge in [-0.3, -0.25) is 9.59 Å². The number of hydrogen-bond acceptors (Lipinski definition) is 4. The summed E-state index contributed by atoms with van der Waals surface area (Å²) in [5.41, 5.74) is 2.91. The first-order chi connectivity index (χ1) is 14.1. The van der Waals surface area contributed by atoms with Crippen molar-refractivity contribution >= 4 is 28.4 Å². The fourth-order valence-electron chi connectivity index (χ4n) is 3.53. The van der Waals surface area contributed by atoms with Crippen LogP contribution in [0.3, 0.4) is 0 Å². The van der Waals surface area contributed by atoms with E-state index >= 15 is 0 Å². The zero-order valence-corrected chi connectivity index (χ0v) is 16.5. The van der Waals surface area contributed by atoms with Crippen LogP contribution in [0.1, 0.15) is 23.0 Å². The summed E-state index contributed by atoms with van der Waals surface area (Å²) in [5, 5.41) is 3.69. The van der Waals surface area contributed by atoms with Gasteiger partial charge < -0.3 is 24.7 Å². The molecular formula is C22H23N3O4. The van der Waals surface area contributed by atoms with E-state index in [1.54, 1.807) is 18.2 Å². The van der Waals surface area contributed by atoms with Crippen LogP contribution >= 0.6 is 0 Å². The highest BCUT2D eigenvalue weighted by atomic mass is 16.6. The zero-order valence-electron chi connectivity index (χ0n) is 16.5. The van der Waals surface area contributed by atoms with Crippen molar-refractivity contribution in [2.75, 3.05) is 31.6 Å². The summed E-state index contributed by atoms with van der Waals surface area (Å²) in [6.07, 6.45) is 0. The third-order valence-electron chi connectivity index (χ3n) is 4.94. The topological polar surface area (TPSA) is 83.7 Å². The van der Waals surface area contributed by atoms with Crippen molar-refractivity contribution < 1.29 is 19.1 Å². The quantitative estimate of drug-likeness (QED) is 0.696. The molecule has 2 amide bonds. The molecule has 2 N–H and O–H groups in total. The molecule has 0 spiro atoms. The van der Waals surface area contributed by atoms with E-state index in [1.165, 1.54) is 4.90 Å². The van der Waals surface area contributed by atoms with Gasteiger partial charge in [-0.15, -0.1) is 0 Å². The third kappa shape index (κ3) is 3.76. The van der Waals surface area contributed by atoms with Gasteiger partial charge >= 0.3 is 0 Å². The number of aromatic amines is 1. The van der Waals surface area contributed by atoms with Crippen LogP contribution in [0.5, 0.6) is 11.5 Å². The molecular weight excluding hydrogens is 370 g/mol. The zero-order chi connectivity index (χ0) is 20.4. The van der Waals surface area contributed by atoms with Gasteiger partial charge in [0, 0.05) is 34.9 Å². The van der Waals surface area contributed by atoms with E-state index in [-0.39, 0.29) is 18.4 Å². The molecule has 2 heterocycles. The fourth-order valence-corrected chi connectivity index (χ4v) is 3.53. The molecule has 0 radical (unpaired) electrons. The van der Waals surface area contributed by atoms with E-state index in [1.807, 2.05) is 38.1 Å². The summed E-state index contributed by atoms with van der Waals surface area (Å²) in [6.45, 7) is 5.11. The predicted octanol–water partition coefficient (Wildman–Crippen LogP) is 3.35. The normalized spacial score (nSPS) is 12.6. The van der Waals surface area contributed by atoms with Crippen LogP contribution in [0.4, 0.5) is 5.69 Å². The third-order valence-corrected chi connectivity index (χ3v) is 4.94. The highest BCUT2D eigenvalue weighted by molar-refractivity contribution is 6.09. The van der Waals surface area contributed by atoms with Crippen molar-refractivity contribution in [1.29, 1.82) is 0 Å². The number of aryl methyl sites for hydroxylation is 1. The average molecular weight is 393 g/mol. The van der Waals surface area contributed by atoms with Crippen LogP contribution in [0.15, 0.2) is 42.5 Å². The molecule has 1 aliphatic heterocycles. The molecule has 2 aromatic carbocycles. The maximum Gasteiger partial charge on any atom is 0.256 e. The SMILES string of the molecule is CCN(CC(=O)Nc1ccc2c(c1)OCCO2)C(=O)c1c(C)[nH]c2ccccc12. The smallest absolute Gasteiger partial charge is 0.256 e. The molecule has 0 unspecified atom stereocenters. The van der Waals surface area contributed by atoms with Crippen molar-refractivity contribution in [1.82, 2.24) is 9.88 Å². The van der Waals surface area contributed by atoms with Gasteiger partial charge in [-0.2, -0.15) is 0 Å². The van der Waals surface area contributed by atoms with Gasteiger partial charge in [0.2, 0.25) is 5.91 Å². The number of aromatic nitrogens is 1. The number of benzene rings is 2. The molecule has 3 aromatic rings. The van der Waals surface area contributed by atoms with Crippen molar-refractivity contribution in [3.8, 4) is 11.5 Å². The number of nitrogens with zero attached hydrogens (tertiary/aromatic N) is 1. The number of likely N-dealkylation sites (N-methyl/N-ethyl adjacent to an activating group) is 1. The summed E-state index contributed by atoms with van der Waals surface area (Å²) < 4.78 is 11.0. The van der Waals surface area contributed by atoms with E-state index in [9.17, 15) is 9.59 Å². The minimum Gasteiger partial charge on any atom is -0.486 e. The Hall–Kier alpha value is -3.48. The van der Waals surface area contributed by atoms with E-state index < -0.39 is 0 Å². The molecule has 0 saturated carbocycles. The molecule has 0 fully saturated rings. The van der Waals surface area contributed by atoms with Gasteiger partial charge in [-0.25, -0.2) is 0 Å². The number of hydrogen-bond donors (Lipinski definition) is 2. The Balaban J connectivity index is 1.49. The number of carbonyl (C=O) groups excluding carboxylic acids is 2. The maximum absolute atomic E-state index is 13.1. The molecule has 1 aromatic heterocycles. The number of fused-ring (bicyclic) bond motifs is 2. The molecule has 7 heteroatoms. The van der Waals surface area contributed by atoms with E-state index in [0.29, 0.717) is 42.5 Å². The molecule has 150 valence electrons. The van der Waals surface area contributed by atoms with E-state index in [2.05, 4.69) is 10.3 Å². The summed E-state index contributed by atoms with van der Waals surface area (Å²) in [5.74, 6) is 0.829. The summed E-state index contributed by atoms with van der Waals surface area (Å²) >= 11 is 0. The van der Waals surface area contributed by atoms with Gasteiger partial charge in [-0.1, -0.05) is 18.2 Å². The first kappa shape index (κ1) is 18.9. The Morgan fingerprint density at radius 1 is 1.10 bits per heavy atom. The van der Waals surface area contributed by atoms with Crippen LogP contribution in [0.25, 0.3) is 10.9 Å². The van der Waals surface area contributed by atoms with Crippen LogP contribution in [-0.4, -0.2) is 48.0 Å². The van der Waals surface area contributed by atoms with Crippen molar-refractivity contribution in [2.24, 2.45) is 0 Å². The van der Waals surface area contributed by atoms with Crippen molar-refractivity contribution in [3.05, 3.63) is 53.7 Å². The van der Waals surface area contributed by atoms with Crippen LogP contribution in [-0.2, 0) is 4.79 Å². The Kier molecular flexibility index (Phi) is 5.12. The minimum atomic E-state index is -0.269. The molecule has 0 atom stereocenters. The monoisotopic (exact) mass is 393 g/mol. The first-order valence-electron chi connectivity index (χ1n) is 9.63. The number of nitrogens with one attached hydrogen (secondary N) is 2. The predicted molar refractivity (Wildman–Crippen MR) is 111 cm³/mol. The van der Waals surface area contributed by atoms with Crippen molar-refractivity contribution in [2.45, 2.75) is 13.8 Å². The summed E-state index contributed by atoms with van der Waals surface area (Å²) in [6, 6.07) is 12.9. The van der Waals surface area contributed by atoms with Gasteiger partial charge in [0.25, 0.3) is 5.91 Å². The Morgan fingerprint density at radius 3 is 2.66 bits per heavy atom. The minimum absolute atomic E-state index is 0.0390. The molecule has 29 heavy (non-hydrogen) atoms. The van der Waals surface area contributed by atoms with Crippen LogP contribution in [0.2, 0.25) is 0 Å². The molecule has 0 saturated heterocycles. The number of amides is 2. The lowest BCUT2D eigenvalue weighted by atomic mass is 10.1. The number of carbonyl (C=O) groups is 2. The second-order valence-corrected chi connectivity index (χ2v) is 6.90. The number of para-hydroxylation sites is 1. The molecule has 0 aliphatic carbocycles. The van der Waals surface area contributed by atoms with Gasteiger partial charge in [0.15, 0.2) is 11.5 Å². The fraction of sp³-hybridized carbons (Fsp3) is 0.273. The molecule has 1 aliphatic rings. The number of anilines is 1. The van der Waals surface area contributed by atoms with Gasteiger partial charge in [0.1, 0.15) is 19.8 Å². The average Bonchev–Trinajstić information content (AvgIpc) is 3.07. The lowest BCUT2D eigenvalue weighted by molar-refractivity contribution is -0.116. The highest BCUT2D eigenvalue weighted by Gasteiger charge is 2.23. The standard InChI is InChI=1S/C22H23N3O4/c1-3-25(22(27)21-14(2)23-17-7-5-4-6-16(17)21)13-20(26)24-15-8-9-18-19(12-15)29-11-10-28-18/h4-9,12,23H,3,10-11,13H2,1-2H3,(H,24,26). The number of rotatable bonds is 5. The molecule has 0 bridgehead atoms. The van der Waals surface area contributed by atoms with E-state index in [0.717, 1.165) is 16.6 Å². The molecule has 4 rings (SSSR count). The Bertz CT molecular complexity index is 1070. The van der Waals surface area contributed by atoms with Crippen molar-refractivity contribution in [3.63, 3.8) is 0 Å². The highest BCUT2D eigenvalue weighted by Crippen LogP contribution is 2.32. The summed E-state index contributed by atoms with van der Waals surface area (Å²) in [4.78, 5) is 30.5. The Labute approximate surface area is 168 Å². The second kappa shape index (κ2) is 7.87. The molecule has 7 nitrogen and oxygen atoms in total. The Morgan fingerprint density at radius 2 is 1.86 bits per heavy atom. The summed E-state index contributed by atoms with van der Waals surface area (Å²) in [7, 11) is 0. The first-order valence-corrected chi connectivity index (χ1v) is 9.63. The number of H-pyrrole nitrogens is 1.